The van der Waals surface area contributed by atoms with Gasteiger partial charge in [-0.05, 0) is 12.1 Å². The first-order chi connectivity index (χ1) is 10.8. The Morgan fingerprint density at radius 3 is 2.61 bits per heavy atom. The molecule has 6 heteroatoms. The molecule has 23 heavy (non-hydrogen) atoms. The van der Waals surface area contributed by atoms with Gasteiger partial charge in [0.15, 0.2) is 5.75 Å². The van der Waals surface area contributed by atoms with Gasteiger partial charge in [0.2, 0.25) is 5.91 Å². The van der Waals surface area contributed by atoms with E-state index < -0.39 is 6.10 Å². The summed E-state index contributed by atoms with van der Waals surface area (Å²) < 4.78 is 5.61. The molecule has 126 valence electrons. The quantitative estimate of drug-likeness (QED) is 0.680. The number of nitrogens with one attached hydrogen (secondary N) is 2. The Balaban J connectivity index is 2.82. The fourth-order valence-corrected chi connectivity index (χ4v) is 1.77. The zero-order chi connectivity index (χ0) is 17.4. The Bertz CT molecular complexity index is 565. The summed E-state index contributed by atoms with van der Waals surface area (Å²) in [5.74, 6) is -0.0611. The van der Waals surface area contributed by atoms with E-state index in [2.05, 4.69) is 10.6 Å². The highest BCUT2D eigenvalue weighted by atomic mass is 16.5. The summed E-state index contributed by atoms with van der Waals surface area (Å²) in [5.41, 5.74) is 0.752. The fourth-order valence-electron chi connectivity index (χ4n) is 1.77. The van der Waals surface area contributed by atoms with E-state index in [0.717, 1.165) is 0 Å². The van der Waals surface area contributed by atoms with Crippen LogP contribution in [-0.2, 0) is 4.79 Å². The first-order valence-electron chi connectivity index (χ1n) is 7.73. The smallest absolute Gasteiger partial charge is 0.227 e. The van der Waals surface area contributed by atoms with Crippen LogP contribution >= 0.6 is 0 Å². The Hall–Kier alpha value is -2.10. The van der Waals surface area contributed by atoms with Gasteiger partial charge in [0, 0.05) is 18.5 Å². The van der Waals surface area contributed by atoms with Gasteiger partial charge in [-0.15, -0.1) is 0 Å². The Labute approximate surface area is 137 Å². The summed E-state index contributed by atoms with van der Waals surface area (Å²) >= 11 is 0. The molecule has 1 aromatic carbocycles. The molecule has 6 nitrogen and oxygen atoms in total. The first-order valence-corrected chi connectivity index (χ1v) is 7.73. The minimum absolute atomic E-state index is 0.0307. The maximum absolute atomic E-state index is 11.9. The normalized spacial score (nSPS) is 12.1. The molecule has 0 aliphatic carbocycles. The van der Waals surface area contributed by atoms with Crippen LogP contribution in [0, 0.1) is 17.2 Å². The van der Waals surface area contributed by atoms with Crippen molar-refractivity contribution in [2.45, 2.75) is 39.8 Å². The second-order valence-electron chi connectivity index (χ2n) is 5.97. The largest absolute Gasteiger partial charge is 0.487 e. The van der Waals surface area contributed by atoms with Crippen molar-refractivity contribution in [1.82, 2.24) is 5.32 Å². The zero-order valence-electron chi connectivity index (χ0n) is 14.1. The van der Waals surface area contributed by atoms with Gasteiger partial charge in [0.05, 0.1) is 11.3 Å². The van der Waals surface area contributed by atoms with Crippen LogP contribution in [0.4, 0.5) is 5.69 Å². The minimum Gasteiger partial charge on any atom is -0.487 e. The molecule has 0 aliphatic rings. The van der Waals surface area contributed by atoms with Crippen molar-refractivity contribution in [1.29, 1.82) is 5.26 Å². The highest BCUT2D eigenvalue weighted by Gasteiger charge is 2.16. The molecular weight excluding hydrogens is 294 g/mol. The lowest BCUT2D eigenvalue weighted by Crippen LogP contribution is -2.35. The molecule has 0 heterocycles. The van der Waals surface area contributed by atoms with E-state index in [1.54, 1.807) is 32.0 Å². The topological polar surface area (TPSA) is 94.4 Å². The number of aliphatic hydroxyl groups is 1. The van der Waals surface area contributed by atoms with Gasteiger partial charge in [0.25, 0.3) is 0 Å². The molecule has 1 unspecified atom stereocenters. The fraction of sp³-hybridized carbons (Fsp3) is 0.529. The summed E-state index contributed by atoms with van der Waals surface area (Å²) in [6.45, 7) is 7.95. The van der Waals surface area contributed by atoms with Crippen molar-refractivity contribution in [3.63, 3.8) is 0 Å². The van der Waals surface area contributed by atoms with Gasteiger partial charge >= 0.3 is 0 Å². The monoisotopic (exact) mass is 319 g/mol. The second-order valence-corrected chi connectivity index (χ2v) is 5.97. The summed E-state index contributed by atoms with van der Waals surface area (Å²) in [7, 11) is 0. The summed E-state index contributed by atoms with van der Waals surface area (Å²) in [6, 6.07) is 7.26. The van der Waals surface area contributed by atoms with E-state index >= 15 is 0 Å². The van der Waals surface area contributed by atoms with E-state index in [-0.39, 0.29) is 30.2 Å². The number of rotatable bonds is 8. The first kappa shape index (κ1) is 18.9. The van der Waals surface area contributed by atoms with Crippen LogP contribution in [0.15, 0.2) is 18.2 Å². The average molecular weight is 319 g/mol. The number of ether oxygens (including phenoxy) is 1. The van der Waals surface area contributed by atoms with E-state index in [1.807, 2.05) is 19.9 Å². The molecule has 0 fully saturated rings. The molecule has 1 aromatic rings. The van der Waals surface area contributed by atoms with Gasteiger partial charge in [-0.3, -0.25) is 4.79 Å². The van der Waals surface area contributed by atoms with E-state index in [1.165, 1.54) is 0 Å². The van der Waals surface area contributed by atoms with Crippen LogP contribution in [-0.4, -0.2) is 36.3 Å². The number of carbonyl (C=O) groups is 1. The van der Waals surface area contributed by atoms with Crippen molar-refractivity contribution in [2.24, 2.45) is 5.92 Å². The van der Waals surface area contributed by atoms with Crippen LogP contribution in [0.5, 0.6) is 5.75 Å². The number of nitrogens with zero attached hydrogens (tertiary/aromatic N) is 1. The number of nitriles is 1. The summed E-state index contributed by atoms with van der Waals surface area (Å²) in [4.78, 5) is 11.9. The van der Waals surface area contributed by atoms with Crippen LogP contribution in [0.25, 0.3) is 0 Å². The highest BCUT2D eigenvalue weighted by Crippen LogP contribution is 2.29. The van der Waals surface area contributed by atoms with E-state index in [9.17, 15) is 15.2 Å². The Morgan fingerprint density at radius 1 is 1.35 bits per heavy atom. The van der Waals surface area contributed by atoms with Gasteiger partial charge in [-0.1, -0.05) is 33.8 Å². The third-order valence-corrected chi connectivity index (χ3v) is 3.10. The van der Waals surface area contributed by atoms with Crippen molar-refractivity contribution < 1.29 is 14.6 Å². The molecular formula is C17H25N3O3. The molecule has 0 radical (unpaired) electrons. The van der Waals surface area contributed by atoms with Gasteiger partial charge in [-0.25, -0.2) is 0 Å². The van der Waals surface area contributed by atoms with Crippen LogP contribution in [0.1, 0.15) is 33.3 Å². The van der Waals surface area contributed by atoms with Gasteiger partial charge in [0.1, 0.15) is 18.8 Å². The second kappa shape index (κ2) is 9.13. The lowest BCUT2D eigenvalue weighted by molar-refractivity contribution is -0.118. The van der Waals surface area contributed by atoms with Crippen molar-refractivity contribution in [3.05, 3.63) is 23.8 Å². The number of hydrogen-bond donors (Lipinski definition) is 3. The Morgan fingerprint density at radius 2 is 2.04 bits per heavy atom. The third-order valence-electron chi connectivity index (χ3n) is 3.10. The van der Waals surface area contributed by atoms with Crippen molar-refractivity contribution in [3.8, 4) is 11.8 Å². The predicted octanol–water partition coefficient (Wildman–Crippen LogP) is 1.89. The molecule has 0 saturated carbocycles. The van der Waals surface area contributed by atoms with Crippen LogP contribution in [0.2, 0.25) is 0 Å². The highest BCUT2D eigenvalue weighted by molar-refractivity contribution is 5.94. The zero-order valence-corrected chi connectivity index (χ0v) is 14.1. The lowest BCUT2D eigenvalue weighted by Gasteiger charge is -2.18. The van der Waals surface area contributed by atoms with Crippen LogP contribution < -0.4 is 15.4 Å². The number of aliphatic hydroxyl groups excluding tert-OH is 1. The molecule has 1 rings (SSSR count). The molecule has 0 aliphatic heterocycles. The van der Waals surface area contributed by atoms with Crippen molar-refractivity contribution >= 4 is 11.6 Å². The predicted molar refractivity (Wildman–Crippen MR) is 89.3 cm³/mol. The number of amides is 1. The molecule has 0 saturated heterocycles. The number of benzene rings is 1. The van der Waals surface area contributed by atoms with Crippen molar-refractivity contribution in [2.75, 3.05) is 18.5 Å². The number of carbonyl (C=O) groups excluding carboxylic acids is 1. The average Bonchev–Trinajstić information content (AvgIpc) is 2.51. The molecule has 1 atom stereocenters. The molecule has 3 N–H and O–H groups in total. The number of hydrogen-bond acceptors (Lipinski definition) is 5. The Kier molecular flexibility index (Phi) is 7.52. The maximum Gasteiger partial charge on any atom is 0.227 e. The summed E-state index contributed by atoms with van der Waals surface area (Å²) in [6.07, 6.45) is -0.710. The van der Waals surface area contributed by atoms with E-state index in [0.29, 0.717) is 17.8 Å². The van der Waals surface area contributed by atoms with E-state index in [4.69, 9.17) is 4.74 Å². The number of para-hydroxylation sites is 1. The molecule has 1 amide bonds. The van der Waals surface area contributed by atoms with Gasteiger partial charge < -0.3 is 20.5 Å². The van der Waals surface area contributed by atoms with Crippen LogP contribution in [0.3, 0.4) is 0 Å². The number of anilines is 1. The molecule has 0 bridgehead atoms. The minimum atomic E-state index is -0.710. The SMILES string of the molecule is CC(C)NCC(O)COc1c(C#N)cccc1NC(=O)C(C)C. The third kappa shape index (κ3) is 6.27. The summed E-state index contributed by atoms with van der Waals surface area (Å²) in [5, 5.41) is 25.0. The lowest BCUT2D eigenvalue weighted by atomic mass is 10.1. The molecule has 0 aromatic heterocycles. The molecule has 0 spiro atoms. The standard InChI is InChI=1S/C17H25N3O3/c1-11(2)17(22)20-15-7-5-6-13(8-18)16(15)23-10-14(21)9-19-12(3)4/h5-7,11-12,14,19,21H,9-10H2,1-4H3,(H,20,22). The van der Waals surface area contributed by atoms with Gasteiger partial charge in [-0.2, -0.15) is 5.26 Å². The maximum atomic E-state index is 11.9.